The number of fused-ring (bicyclic) bond motifs is 1. The highest BCUT2D eigenvalue weighted by molar-refractivity contribution is 9.10. The number of esters is 1. The number of benzene rings is 5. The average molecular weight is 750 g/mol. The molecule has 9 nitrogen and oxygen atoms in total. The molecular formula is C42H33BrN6O3. The van der Waals surface area contributed by atoms with Crippen LogP contribution >= 0.6 is 15.9 Å². The van der Waals surface area contributed by atoms with E-state index in [9.17, 15) is 4.79 Å². The van der Waals surface area contributed by atoms with E-state index in [1.165, 1.54) is 0 Å². The van der Waals surface area contributed by atoms with E-state index in [0.29, 0.717) is 41.7 Å². The summed E-state index contributed by atoms with van der Waals surface area (Å²) >= 11 is 3.86. The lowest BCUT2D eigenvalue weighted by Crippen LogP contribution is -2.39. The first kappa shape index (κ1) is 33.0. The van der Waals surface area contributed by atoms with E-state index >= 15 is 0 Å². The van der Waals surface area contributed by atoms with Crippen molar-refractivity contribution < 1.29 is 13.9 Å². The van der Waals surface area contributed by atoms with Crippen molar-refractivity contribution in [3.63, 3.8) is 0 Å². The number of halogens is 1. The highest BCUT2D eigenvalue weighted by atomic mass is 79.9. The third kappa shape index (κ3) is 5.71. The van der Waals surface area contributed by atoms with Crippen LogP contribution in [0.5, 0.6) is 0 Å². The van der Waals surface area contributed by atoms with Gasteiger partial charge in [-0.05, 0) is 69.4 Å². The van der Waals surface area contributed by atoms with Crippen molar-refractivity contribution in [2.24, 2.45) is 0 Å². The summed E-state index contributed by atoms with van der Waals surface area (Å²) < 4.78 is 14.4. The van der Waals surface area contributed by atoms with E-state index in [0.717, 1.165) is 43.2 Å². The zero-order valence-corrected chi connectivity index (χ0v) is 30.1. The smallest absolute Gasteiger partial charge is 0.356 e. The lowest BCUT2D eigenvalue weighted by Gasteiger charge is -2.34. The van der Waals surface area contributed by atoms with Gasteiger partial charge in [0.2, 0.25) is 5.82 Å². The quantitative estimate of drug-likeness (QED) is 0.102. The van der Waals surface area contributed by atoms with Gasteiger partial charge >= 0.3 is 5.97 Å². The fraction of sp³-hybridized carbons (Fsp3) is 0.119. The molecule has 8 aromatic rings. The zero-order chi connectivity index (χ0) is 35.7. The predicted octanol–water partition coefficient (Wildman–Crippen LogP) is 9.09. The van der Waals surface area contributed by atoms with Crippen LogP contribution in [0, 0.1) is 6.92 Å². The van der Waals surface area contributed by atoms with Gasteiger partial charge in [0, 0.05) is 23.1 Å². The first-order valence-corrected chi connectivity index (χ1v) is 17.7. The molecule has 52 heavy (non-hydrogen) atoms. The van der Waals surface area contributed by atoms with Crippen LogP contribution in [0.3, 0.4) is 0 Å². The molecule has 0 N–H and O–H groups in total. The Morgan fingerprint density at radius 1 is 0.808 bits per heavy atom. The average Bonchev–Trinajstić information content (AvgIpc) is 3.91. The monoisotopic (exact) mass is 748 g/mol. The van der Waals surface area contributed by atoms with Crippen molar-refractivity contribution in [1.29, 1.82) is 0 Å². The van der Waals surface area contributed by atoms with Gasteiger partial charge in [0.15, 0.2) is 11.2 Å². The van der Waals surface area contributed by atoms with Gasteiger partial charge in [-0.25, -0.2) is 9.78 Å². The van der Waals surface area contributed by atoms with Crippen LogP contribution in [-0.4, -0.2) is 42.3 Å². The fourth-order valence-corrected chi connectivity index (χ4v) is 7.48. The summed E-state index contributed by atoms with van der Waals surface area (Å²) in [5.74, 6) is 0.712. The summed E-state index contributed by atoms with van der Waals surface area (Å²) in [6.07, 6.45) is 1.67. The third-order valence-corrected chi connectivity index (χ3v) is 10.0. The molecule has 0 bridgehead atoms. The zero-order valence-electron chi connectivity index (χ0n) is 28.5. The number of aromatic nitrogens is 6. The molecule has 5 aromatic carbocycles. The minimum Gasteiger partial charge on any atom is -0.461 e. The molecule has 8 rings (SSSR count). The van der Waals surface area contributed by atoms with Crippen molar-refractivity contribution in [2.45, 2.75) is 25.9 Å². The summed E-state index contributed by atoms with van der Waals surface area (Å²) in [7, 11) is 0. The molecule has 0 amide bonds. The van der Waals surface area contributed by atoms with Gasteiger partial charge in [0.25, 0.3) is 0 Å². The summed E-state index contributed by atoms with van der Waals surface area (Å²) in [4.78, 5) is 18.8. The molecule has 0 atom stereocenters. The number of ether oxygens (including phenoxy) is 1. The van der Waals surface area contributed by atoms with Crippen LogP contribution < -0.4 is 0 Å². The molecular weight excluding hydrogens is 716 g/mol. The molecule has 0 aliphatic carbocycles. The van der Waals surface area contributed by atoms with Crippen molar-refractivity contribution >= 4 is 32.9 Å². The standard InChI is InChI=1S/C42H33BrN6O3/c1-3-51-41(50)38-28(2)44-27-48(38)26-29-23-24-36-35(25-29)37(43)39(52-36)33-21-13-14-22-34(33)40-45-47-49(46-40)42(30-15-7-4-8-16-30,31-17-9-5-10-18-31)32-19-11-6-12-20-32/h4-25,27H,3,26H2,1-2H3. The molecule has 0 spiro atoms. The Morgan fingerprint density at radius 2 is 1.40 bits per heavy atom. The van der Waals surface area contributed by atoms with E-state index in [1.807, 2.05) is 95.6 Å². The van der Waals surface area contributed by atoms with Gasteiger partial charge in [-0.3, -0.25) is 0 Å². The minimum absolute atomic E-state index is 0.293. The Kier molecular flexibility index (Phi) is 8.82. The van der Waals surface area contributed by atoms with Crippen molar-refractivity contribution in [3.8, 4) is 22.7 Å². The van der Waals surface area contributed by atoms with Gasteiger partial charge in [-0.15, -0.1) is 15.0 Å². The molecule has 0 fully saturated rings. The summed E-state index contributed by atoms with van der Waals surface area (Å²) in [6, 6.07) is 44.7. The number of rotatable bonds is 10. The number of hydrogen-bond donors (Lipinski definition) is 0. The summed E-state index contributed by atoms with van der Waals surface area (Å²) in [5.41, 5.74) is 6.43. The second kappa shape index (κ2) is 13.9. The van der Waals surface area contributed by atoms with Crippen LogP contribution in [-0.2, 0) is 16.8 Å². The normalized spacial score (nSPS) is 11.6. The second-order valence-electron chi connectivity index (χ2n) is 12.4. The molecule has 0 aliphatic rings. The van der Waals surface area contributed by atoms with E-state index < -0.39 is 5.54 Å². The first-order chi connectivity index (χ1) is 25.5. The number of carbonyl (C=O) groups excluding carboxylic acids is 1. The molecule has 10 heteroatoms. The molecule has 0 radical (unpaired) electrons. The number of nitrogens with zero attached hydrogens (tertiary/aromatic N) is 6. The number of hydrogen-bond acceptors (Lipinski definition) is 7. The van der Waals surface area contributed by atoms with E-state index in [1.54, 1.807) is 25.0 Å². The Hall–Kier alpha value is -6.13. The topological polar surface area (TPSA) is 101 Å². The lowest BCUT2D eigenvalue weighted by molar-refractivity contribution is 0.0513. The Bertz CT molecular complexity index is 2410. The van der Waals surface area contributed by atoms with Crippen LogP contribution in [0.4, 0.5) is 0 Å². The summed E-state index contributed by atoms with van der Waals surface area (Å²) in [5, 5.41) is 15.5. The fourth-order valence-electron chi connectivity index (χ4n) is 6.88. The Labute approximate surface area is 308 Å². The van der Waals surface area contributed by atoms with Gasteiger partial charge in [0.1, 0.15) is 11.3 Å². The van der Waals surface area contributed by atoms with Crippen LogP contribution in [0.2, 0.25) is 0 Å². The van der Waals surface area contributed by atoms with Gasteiger partial charge in [-0.2, -0.15) is 0 Å². The van der Waals surface area contributed by atoms with Crippen LogP contribution in [0.15, 0.2) is 149 Å². The highest BCUT2D eigenvalue weighted by Gasteiger charge is 2.41. The summed E-state index contributed by atoms with van der Waals surface area (Å²) in [6.45, 7) is 4.33. The number of imidazole rings is 1. The second-order valence-corrected chi connectivity index (χ2v) is 13.2. The molecule has 0 saturated carbocycles. The van der Waals surface area contributed by atoms with E-state index in [2.05, 4.69) is 63.4 Å². The highest BCUT2D eigenvalue weighted by Crippen LogP contribution is 2.43. The number of carbonyl (C=O) groups is 1. The predicted molar refractivity (Wildman–Crippen MR) is 203 cm³/mol. The number of aryl methyl sites for hydroxylation is 1. The molecule has 0 unspecified atom stereocenters. The van der Waals surface area contributed by atoms with Gasteiger partial charge in [-0.1, -0.05) is 121 Å². The maximum atomic E-state index is 12.7. The van der Waals surface area contributed by atoms with Crippen LogP contribution in [0.25, 0.3) is 33.7 Å². The molecule has 0 saturated heterocycles. The van der Waals surface area contributed by atoms with Gasteiger partial charge in [0.05, 0.1) is 23.1 Å². The molecule has 3 heterocycles. The molecule has 0 aliphatic heterocycles. The lowest BCUT2D eigenvalue weighted by atomic mass is 9.77. The number of tetrazole rings is 1. The SMILES string of the molecule is CCOC(=O)c1c(C)ncn1Cc1ccc2oc(-c3ccccc3-c3nnn(C(c4ccccc4)(c4ccccc4)c4ccccc4)n3)c(Br)c2c1. The maximum Gasteiger partial charge on any atom is 0.356 e. The van der Waals surface area contributed by atoms with Crippen molar-refractivity contribution in [2.75, 3.05) is 6.61 Å². The van der Waals surface area contributed by atoms with Crippen molar-refractivity contribution in [3.05, 3.63) is 178 Å². The molecule has 3 aromatic heterocycles. The largest absolute Gasteiger partial charge is 0.461 e. The Morgan fingerprint density at radius 3 is 2.02 bits per heavy atom. The minimum atomic E-state index is -0.902. The van der Waals surface area contributed by atoms with E-state index in [4.69, 9.17) is 24.6 Å². The van der Waals surface area contributed by atoms with Crippen LogP contribution in [0.1, 0.15) is 45.4 Å². The van der Waals surface area contributed by atoms with Crippen molar-refractivity contribution in [1.82, 2.24) is 29.8 Å². The van der Waals surface area contributed by atoms with E-state index in [-0.39, 0.29) is 5.97 Å². The third-order valence-electron chi connectivity index (χ3n) is 9.24. The van der Waals surface area contributed by atoms with Gasteiger partial charge < -0.3 is 13.7 Å². The Balaban J connectivity index is 1.22. The number of furan rings is 1. The first-order valence-electron chi connectivity index (χ1n) is 17.0. The molecule has 256 valence electrons. The maximum absolute atomic E-state index is 12.7.